The lowest BCUT2D eigenvalue weighted by atomic mass is 10.1. The van der Waals surface area contributed by atoms with Gasteiger partial charge in [-0.25, -0.2) is 0 Å². The minimum atomic E-state index is -0.816. The summed E-state index contributed by atoms with van der Waals surface area (Å²) in [5.74, 6) is -0.729. The summed E-state index contributed by atoms with van der Waals surface area (Å²) in [6.45, 7) is 3.93. The van der Waals surface area contributed by atoms with Crippen molar-refractivity contribution in [1.82, 2.24) is 0 Å². The summed E-state index contributed by atoms with van der Waals surface area (Å²) in [7, 11) is 0. The minimum absolute atomic E-state index is 0.126. The first-order valence-electron chi connectivity index (χ1n) is 16.3. The van der Waals surface area contributed by atoms with Crippen LogP contribution < -0.4 is 0 Å². The molecule has 6 heteroatoms. The number of esters is 2. The Balaban J connectivity index is 3.84. The second-order valence-corrected chi connectivity index (χ2v) is 10.7. The van der Waals surface area contributed by atoms with Crippen molar-refractivity contribution in [3.05, 3.63) is 48.6 Å². The molecule has 2 atom stereocenters. The molecule has 0 aromatic carbocycles. The summed E-state index contributed by atoms with van der Waals surface area (Å²) >= 11 is 0. The van der Waals surface area contributed by atoms with Gasteiger partial charge in [0.15, 0.2) is 6.10 Å². The van der Waals surface area contributed by atoms with E-state index in [-0.39, 0.29) is 31.6 Å². The van der Waals surface area contributed by atoms with Crippen LogP contribution in [0.3, 0.4) is 0 Å². The van der Waals surface area contributed by atoms with Gasteiger partial charge in [-0.1, -0.05) is 127 Å². The fourth-order valence-corrected chi connectivity index (χ4v) is 4.15. The number of aliphatic hydroxyl groups is 2. The summed E-state index contributed by atoms with van der Waals surface area (Å²) in [4.78, 5) is 24.0. The highest BCUT2D eigenvalue weighted by Gasteiger charge is 2.16. The third kappa shape index (κ3) is 29.1. The Hall–Kier alpha value is -2.18. The molecular formula is C35H60O6. The van der Waals surface area contributed by atoms with Crippen LogP contribution in [-0.2, 0) is 19.1 Å². The molecule has 1 unspecified atom stereocenters. The first-order chi connectivity index (χ1) is 20.0. The van der Waals surface area contributed by atoms with E-state index in [0.717, 1.165) is 32.1 Å². The zero-order valence-corrected chi connectivity index (χ0v) is 26.2. The molecule has 0 amide bonds. The van der Waals surface area contributed by atoms with E-state index in [1.807, 2.05) is 24.3 Å². The fraction of sp³-hybridized carbons (Fsp3) is 0.714. The van der Waals surface area contributed by atoms with Gasteiger partial charge < -0.3 is 19.7 Å². The third-order valence-electron chi connectivity index (χ3n) is 6.71. The SMILES string of the molecule is CCCCC/C=C\C/C=C\CC(O)/C=C\C=C\CCCC(=O)OC[C@H](CO)OC(=O)CCCCCCCCCCC. The Morgan fingerprint density at radius 2 is 1.29 bits per heavy atom. The van der Waals surface area contributed by atoms with Gasteiger partial charge in [-0.3, -0.25) is 9.59 Å². The topological polar surface area (TPSA) is 93.1 Å². The van der Waals surface area contributed by atoms with E-state index in [1.54, 1.807) is 6.08 Å². The van der Waals surface area contributed by atoms with Gasteiger partial charge >= 0.3 is 11.9 Å². The van der Waals surface area contributed by atoms with E-state index in [1.165, 1.54) is 57.8 Å². The van der Waals surface area contributed by atoms with Crippen molar-refractivity contribution < 1.29 is 29.3 Å². The number of rotatable bonds is 28. The van der Waals surface area contributed by atoms with Gasteiger partial charge in [-0.15, -0.1) is 0 Å². The standard InChI is InChI=1S/C35H60O6/c1-3-5-7-9-11-13-15-18-22-26-32(37)27-23-19-17-21-24-28-34(38)40-31-33(30-36)41-35(39)29-25-20-16-14-12-10-8-6-4-2/h11,13,17-19,22-23,27,32-33,36-37H,3-10,12,14-16,20-21,24-26,28-31H2,1-2H3/b13-11-,19-17+,22-18-,27-23-/t32?,33-/m0/s1. The predicted octanol–water partition coefficient (Wildman–Crippen LogP) is 8.47. The monoisotopic (exact) mass is 576 g/mol. The van der Waals surface area contributed by atoms with Crippen LogP contribution in [0.1, 0.15) is 136 Å². The number of hydrogen-bond acceptors (Lipinski definition) is 6. The fourth-order valence-electron chi connectivity index (χ4n) is 4.15. The molecule has 41 heavy (non-hydrogen) atoms. The van der Waals surface area contributed by atoms with Crippen molar-refractivity contribution in [2.75, 3.05) is 13.2 Å². The molecule has 0 spiro atoms. The predicted molar refractivity (Wildman–Crippen MR) is 170 cm³/mol. The summed E-state index contributed by atoms with van der Waals surface area (Å²) < 4.78 is 10.4. The van der Waals surface area contributed by atoms with Crippen LogP contribution in [0.2, 0.25) is 0 Å². The molecule has 0 aliphatic carbocycles. The molecule has 2 N–H and O–H groups in total. The molecule has 0 heterocycles. The quantitative estimate of drug-likeness (QED) is 0.0420. The van der Waals surface area contributed by atoms with Crippen molar-refractivity contribution in [2.24, 2.45) is 0 Å². The van der Waals surface area contributed by atoms with Gasteiger partial charge in [0.05, 0.1) is 12.7 Å². The highest BCUT2D eigenvalue weighted by Crippen LogP contribution is 2.11. The van der Waals surface area contributed by atoms with Crippen LogP contribution in [0.25, 0.3) is 0 Å². The first-order valence-corrected chi connectivity index (χ1v) is 16.3. The Kier molecular flexibility index (Phi) is 29.1. The lowest BCUT2D eigenvalue weighted by Gasteiger charge is -2.15. The normalized spacial score (nSPS) is 13.6. The Bertz CT molecular complexity index is 724. The molecule has 0 aliphatic heterocycles. The Labute approximate surface area is 251 Å². The van der Waals surface area contributed by atoms with Crippen LogP contribution in [0.5, 0.6) is 0 Å². The average molecular weight is 577 g/mol. The Morgan fingerprint density at radius 3 is 2.00 bits per heavy atom. The van der Waals surface area contributed by atoms with Gasteiger partial charge in [0, 0.05) is 12.8 Å². The van der Waals surface area contributed by atoms with Crippen molar-refractivity contribution in [3.8, 4) is 0 Å². The van der Waals surface area contributed by atoms with Crippen LogP contribution >= 0.6 is 0 Å². The summed E-state index contributed by atoms with van der Waals surface area (Å²) in [6, 6.07) is 0. The van der Waals surface area contributed by atoms with Crippen LogP contribution in [-0.4, -0.2) is 47.6 Å². The lowest BCUT2D eigenvalue weighted by molar-refractivity contribution is -0.161. The van der Waals surface area contributed by atoms with Gasteiger partial charge in [-0.2, -0.15) is 0 Å². The molecule has 0 saturated heterocycles. The number of unbranched alkanes of at least 4 members (excludes halogenated alkanes) is 12. The van der Waals surface area contributed by atoms with Gasteiger partial charge in [0.25, 0.3) is 0 Å². The zero-order chi connectivity index (χ0) is 30.2. The third-order valence-corrected chi connectivity index (χ3v) is 6.71. The molecule has 6 nitrogen and oxygen atoms in total. The van der Waals surface area contributed by atoms with Crippen molar-refractivity contribution in [3.63, 3.8) is 0 Å². The first kappa shape index (κ1) is 38.8. The minimum Gasteiger partial charge on any atom is -0.462 e. The summed E-state index contributed by atoms with van der Waals surface area (Å²) in [5, 5.41) is 19.5. The number of aliphatic hydroxyl groups excluding tert-OH is 2. The van der Waals surface area contributed by atoms with Crippen LogP contribution in [0.4, 0.5) is 0 Å². The molecule has 0 saturated carbocycles. The van der Waals surface area contributed by atoms with E-state index in [2.05, 4.69) is 32.1 Å². The largest absolute Gasteiger partial charge is 0.462 e. The number of carbonyl (C=O) groups excluding carboxylic acids is 2. The zero-order valence-electron chi connectivity index (χ0n) is 26.2. The number of hydrogen-bond donors (Lipinski definition) is 2. The maximum absolute atomic E-state index is 12.0. The van der Waals surface area contributed by atoms with Crippen molar-refractivity contribution in [1.29, 1.82) is 0 Å². The Morgan fingerprint density at radius 1 is 0.683 bits per heavy atom. The van der Waals surface area contributed by atoms with Crippen LogP contribution in [0.15, 0.2) is 48.6 Å². The van der Waals surface area contributed by atoms with E-state index in [0.29, 0.717) is 25.7 Å². The molecular weight excluding hydrogens is 516 g/mol. The maximum Gasteiger partial charge on any atom is 0.306 e. The molecule has 0 aliphatic rings. The second-order valence-electron chi connectivity index (χ2n) is 10.7. The molecule has 0 aromatic rings. The van der Waals surface area contributed by atoms with E-state index in [4.69, 9.17) is 9.47 Å². The maximum atomic E-state index is 12.0. The molecule has 0 fully saturated rings. The van der Waals surface area contributed by atoms with Crippen molar-refractivity contribution >= 4 is 11.9 Å². The van der Waals surface area contributed by atoms with Crippen LogP contribution in [0, 0.1) is 0 Å². The van der Waals surface area contributed by atoms with Gasteiger partial charge in [-0.05, 0) is 44.9 Å². The van der Waals surface area contributed by atoms with Gasteiger partial charge in [0.2, 0.25) is 0 Å². The van der Waals surface area contributed by atoms with Gasteiger partial charge in [0.1, 0.15) is 6.61 Å². The van der Waals surface area contributed by atoms with E-state index < -0.39 is 12.2 Å². The number of allylic oxidation sites excluding steroid dienone is 6. The highest BCUT2D eigenvalue weighted by molar-refractivity contribution is 5.70. The summed E-state index contributed by atoms with van der Waals surface area (Å²) in [5.41, 5.74) is 0. The van der Waals surface area contributed by atoms with Crippen molar-refractivity contribution in [2.45, 2.75) is 148 Å². The number of ether oxygens (including phenoxy) is 2. The molecule has 236 valence electrons. The highest BCUT2D eigenvalue weighted by atomic mass is 16.6. The lowest BCUT2D eigenvalue weighted by Crippen LogP contribution is -2.28. The molecule has 0 aromatic heterocycles. The number of carbonyl (C=O) groups is 2. The summed E-state index contributed by atoms with van der Waals surface area (Å²) in [6.07, 6.45) is 33.4. The van der Waals surface area contributed by atoms with E-state index in [9.17, 15) is 19.8 Å². The second kappa shape index (κ2) is 30.8. The van der Waals surface area contributed by atoms with E-state index >= 15 is 0 Å². The molecule has 0 rings (SSSR count). The average Bonchev–Trinajstić information content (AvgIpc) is 2.97. The molecule has 0 radical (unpaired) electrons. The molecule has 0 bridgehead atoms. The smallest absolute Gasteiger partial charge is 0.306 e.